The first kappa shape index (κ1) is 27.2. The minimum absolute atomic E-state index is 0. The summed E-state index contributed by atoms with van der Waals surface area (Å²) in [5.41, 5.74) is -1.20. The van der Waals surface area contributed by atoms with Crippen molar-refractivity contribution in [2.45, 2.75) is 38.8 Å². The van der Waals surface area contributed by atoms with Crippen molar-refractivity contribution in [1.29, 1.82) is 10.8 Å². The van der Waals surface area contributed by atoms with Crippen molar-refractivity contribution in [2.75, 3.05) is 10.6 Å². The van der Waals surface area contributed by atoms with Gasteiger partial charge in [0.2, 0.25) is 0 Å². The van der Waals surface area contributed by atoms with Gasteiger partial charge < -0.3 is 20.8 Å². The number of hydrogen-bond donors (Lipinski definition) is 6. The summed E-state index contributed by atoms with van der Waals surface area (Å²) in [6.45, 7) is 6.84. The third-order valence-corrected chi connectivity index (χ3v) is 4.10. The Morgan fingerprint density at radius 3 is 1.30 bits per heavy atom. The van der Waals surface area contributed by atoms with Crippen molar-refractivity contribution in [3.05, 3.63) is 48.5 Å². The van der Waals surface area contributed by atoms with Crippen LogP contribution in [0.2, 0.25) is 0 Å². The smallest absolute Gasteiger partial charge is 0.139 e. The fourth-order valence-electron chi connectivity index (χ4n) is 2.08. The SMILES string of the molecule is CC(C)(N=NC(C)(C)C(=N)Nc1ccccc1O)C(=N)Nc1ccccc1O.Cl.Cl. The molecule has 6 N–H and O–H groups in total. The van der Waals surface area contributed by atoms with Gasteiger partial charge in [0.25, 0.3) is 0 Å². The summed E-state index contributed by atoms with van der Waals surface area (Å²) in [4.78, 5) is 0. The lowest BCUT2D eigenvalue weighted by molar-refractivity contribution is 0.477. The zero-order chi connectivity index (χ0) is 20.9. The molecule has 0 unspecified atom stereocenters. The molecule has 0 amide bonds. The van der Waals surface area contributed by atoms with Crippen LogP contribution < -0.4 is 10.6 Å². The third-order valence-electron chi connectivity index (χ3n) is 4.10. The number of rotatable bonds is 6. The average molecular weight is 455 g/mol. The first-order valence-electron chi connectivity index (χ1n) is 8.75. The lowest BCUT2D eigenvalue weighted by atomic mass is 10.0. The molecule has 2 aromatic rings. The number of halogens is 2. The number of azo groups is 1. The van der Waals surface area contributed by atoms with E-state index in [1.54, 1.807) is 64.1 Å². The van der Waals surface area contributed by atoms with Crippen molar-refractivity contribution >= 4 is 47.9 Å². The van der Waals surface area contributed by atoms with E-state index < -0.39 is 11.1 Å². The summed E-state index contributed by atoms with van der Waals surface area (Å²) in [5, 5.41) is 50.4. The van der Waals surface area contributed by atoms with Gasteiger partial charge in [-0.3, -0.25) is 10.8 Å². The van der Waals surface area contributed by atoms with E-state index in [0.29, 0.717) is 11.4 Å². The number of phenolic OH excluding ortho intramolecular Hbond substituents is 2. The maximum Gasteiger partial charge on any atom is 0.139 e. The van der Waals surface area contributed by atoms with E-state index in [1.807, 2.05) is 0 Å². The normalized spacial score (nSPS) is 11.2. The highest BCUT2D eigenvalue weighted by Gasteiger charge is 2.29. The zero-order valence-electron chi connectivity index (χ0n) is 17.2. The second kappa shape index (κ2) is 10.8. The standard InChI is InChI=1S/C20H26N6O2.2ClH/c1-19(2,17(21)23-13-9-5-7-11-15(13)27)25-26-20(3,4)18(22)24-14-10-6-8-12-16(14)28;;/h5-12,27-28H,1-4H3,(H2,21,23)(H2,22,24);2*1H. The number of aromatic hydroxyl groups is 2. The largest absolute Gasteiger partial charge is 0.506 e. The molecule has 0 radical (unpaired) electrons. The van der Waals surface area contributed by atoms with Crippen LogP contribution in [0.1, 0.15) is 27.7 Å². The number of amidine groups is 2. The van der Waals surface area contributed by atoms with Crippen LogP contribution in [-0.2, 0) is 0 Å². The number of phenols is 2. The summed E-state index contributed by atoms with van der Waals surface area (Å²) in [6.07, 6.45) is 0. The van der Waals surface area contributed by atoms with Gasteiger partial charge in [-0.25, -0.2) is 0 Å². The second-order valence-electron chi connectivity index (χ2n) is 7.35. The predicted octanol–water partition coefficient (Wildman–Crippen LogP) is 5.43. The Bertz CT molecular complexity index is 842. The maximum atomic E-state index is 9.85. The number of para-hydroxylation sites is 4. The number of nitrogens with one attached hydrogen (secondary N) is 4. The first-order valence-corrected chi connectivity index (χ1v) is 8.75. The Hall–Kier alpha value is -2.84. The van der Waals surface area contributed by atoms with E-state index in [9.17, 15) is 10.2 Å². The summed E-state index contributed by atoms with van der Waals surface area (Å²) in [5.74, 6) is 0.172. The fraction of sp³-hybridized carbons (Fsp3) is 0.300. The minimum atomic E-state index is -1.01. The third kappa shape index (κ3) is 6.89. The predicted molar refractivity (Wildman–Crippen MR) is 126 cm³/mol. The van der Waals surface area contributed by atoms with E-state index in [-0.39, 0.29) is 48.0 Å². The summed E-state index contributed by atoms with van der Waals surface area (Å²) in [6, 6.07) is 13.3. The van der Waals surface area contributed by atoms with Crippen LogP contribution in [0.5, 0.6) is 11.5 Å². The summed E-state index contributed by atoms with van der Waals surface area (Å²) < 4.78 is 0. The van der Waals surface area contributed by atoms with Crippen LogP contribution in [0.4, 0.5) is 11.4 Å². The molecule has 164 valence electrons. The topological polar surface area (TPSA) is 137 Å². The molecule has 0 fully saturated rings. The zero-order valence-corrected chi connectivity index (χ0v) is 18.9. The maximum absolute atomic E-state index is 9.85. The summed E-state index contributed by atoms with van der Waals surface area (Å²) in [7, 11) is 0. The Morgan fingerprint density at radius 1 is 0.700 bits per heavy atom. The fourth-order valence-corrected chi connectivity index (χ4v) is 2.08. The van der Waals surface area contributed by atoms with Crippen LogP contribution in [-0.4, -0.2) is 33.0 Å². The second-order valence-corrected chi connectivity index (χ2v) is 7.35. The number of hydrogen-bond acceptors (Lipinski definition) is 6. The van der Waals surface area contributed by atoms with Crippen LogP contribution in [0.15, 0.2) is 58.8 Å². The van der Waals surface area contributed by atoms with Gasteiger partial charge in [0.15, 0.2) is 0 Å². The monoisotopic (exact) mass is 454 g/mol. The molecular formula is C20H28Cl2N6O2. The highest BCUT2D eigenvalue weighted by Crippen LogP contribution is 2.26. The first-order chi connectivity index (χ1) is 13.0. The highest BCUT2D eigenvalue weighted by atomic mass is 35.5. The molecule has 30 heavy (non-hydrogen) atoms. The van der Waals surface area contributed by atoms with Gasteiger partial charge in [-0.05, 0) is 52.0 Å². The molecule has 0 aromatic heterocycles. The number of nitrogens with zero attached hydrogens (tertiary/aromatic N) is 2. The van der Waals surface area contributed by atoms with Gasteiger partial charge in [-0.2, -0.15) is 10.2 Å². The molecule has 2 aromatic carbocycles. The van der Waals surface area contributed by atoms with E-state index >= 15 is 0 Å². The van der Waals surface area contributed by atoms with Gasteiger partial charge in [0, 0.05) is 0 Å². The van der Waals surface area contributed by atoms with Crippen molar-refractivity contribution in [3.8, 4) is 11.5 Å². The molecule has 2 rings (SSSR count). The van der Waals surface area contributed by atoms with Gasteiger partial charge in [0.05, 0.1) is 11.4 Å². The molecular weight excluding hydrogens is 427 g/mol. The molecule has 0 heterocycles. The molecule has 0 saturated heterocycles. The molecule has 0 spiro atoms. The highest BCUT2D eigenvalue weighted by molar-refractivity contribution is 6.01. The molecule has 0 aliphatic heterocycles. The van der Waals surface area contributed by atoms with E-state index in [0.717, 1.165) is 0 Å². The Labute approximate surface area is 188 Å². The molecule has 0 atom stereocenters. The Balaban J connectivity index is 0.00000420. The van der Waals surface area contributed by atoms with Gasteiger partial charge in [0.1, 0.15) is 34.2 Å². The lowest BCUT2D eigenvalue weighted by Crippen LogP contribution is -2.38. The van der Waals surface area contributed by atoms with Gasteiger partial charge >= 0.3 is 0 Å². The quantitative estimate of drug-likeness (QED) is 0.150. The van der Waals surface area contributed by atoms with Crippen molar-refractivity contribution < 1.29 is 10.2 Å². The molecule has 0 aliphatic rings. The van der Waals surface area contributed by atoms with Crippen molar-refractivity contribution in [2.24, 2.45) is 10.2 Å². The molecule has 0 saturated carbocycles. The Morgan fingerprint density at radius 2 is 1.00 bits per heavy atom. The molecule has 8 nitrogen and oxygen atoms in total. The molecule has 10 heteroatoms. The van der Waals surface area contributed by atoms with Crippen molar-refractivity contribution in [3.63, 3.8) is 0 Å². The van der Waals surface area contributed by atoms with E-state index in [1.165, 1.54) is 12.1 Å². The minimum Gasteiger partial charge on any atom is -0.506 e. The average Bonchev–Trinajstić information content (AvgIpc) is 2.64. The summed E-state index contributed by atoms with van der Waals surface area (Å²) >= 11 is 0. The molecule has 0 bridgehead atoms. The number of anilines is 2. The van der Waals surface area contributed by atoms with Crippen LogP contribution in [0.3, 0.4) is 0 Å². The van der Waals surface area contributed by atoms with Crippen LogP contribution in [0.25, 0.3) is 0 Å². The van der Waals surface area contributed by atoms with Crippen molar-refractivity contribution in [1.82, 2.24) is 0 Å². The lowest BCUT2D eigenvalue weighted by Gasteiger charge is -2.25. The van der Waals surface area contributed by atoms with Gasteiger partial charge in [-0.15, -0.1) is 24.8 Å². The van der Waals surface area contributed by atoms with Crippen LogP contribution in [0, 0.1) is 10.8 Å². The van der Waals surface area contributed by atoms with Gasteiger partial charge in [-0.1, -0.05) is 24.3 Å². The van der Waals surface area contributed by atoms with Crippen LogP contribution >= 0.6 is 24.8 Å². The van der Waals surface area contributed by atoms with E-state index in [4.69, 9.17) is 10.8 Å². The number of benzene rings is 2. The molecule has 0 aliphatic carbocycles. The van der Waals surface area contributed by atoms with E-state index in [2.05, 4.69) is 20.9 Å². The Kier molecular flexibility index (Phi) is 9.78.